The highest BCUT2D eigenvalue weighted by Gasteiger charge is 2.19. The smallest absolute Gasteiger partial charge is 0.309 e. The number of hydrogen-bond acceptors (Lipinski definition) is 6. The minimum atomic E-state index is -0.828. The van der Waals surface area contributed by atoms with E-state index < -0.39 is 12.1 Å². The lowest BCUT2D eigenvalue weighted by Gasteiger charge is -2.18. The van der Waals surface area contributed by atoms with Gasteiger partial charge in [-0.2, -0.15) is 0 Å². The van der Waals surface area contributed by atoms with E-state index in [9.17, 15) is 14.4 Å². The average Bonchev–Trinajstić information content (AvgIpc) is 3.45. The third kappa shape index (κ3) is 64.3. The number of carbonyl (C=O) groups is 3. The van der Waals surface area contributed by atoms with Gasteiger partial charge < -0.3 is 14.2 Å². The Morgan fingerprint density at radius 2 is 0.544 bits per heavy atom. The maximum absolute atomic E-state index is 12.9. The fraction of sp³-hybridized carbons (Fsp3) is 0.658. The van der Waals surface area contributed by atoms with E-state index >= 15 is 0 Å². The third-order valence-electron chi connectivity index (χ3n) is 13.7. The summed E-state index contributed by atoms with van der Waals surface area (Å²) in [6.45, 7) is 6.33. The van der Waals surface area contributed by atoms with Crippen LogP contribution in [0.3, 0.4) is 0 Å². The second-order valence-electron chi connectivity index (χ2n) is 21.3. The molecule has 79 heavy (non-hydrogen) atoms. The first kappa shape index (κ1) is 74.5. The summed E-state index contributed by atoms with van der Waals surface area (Å²) in [4.78, 5) is 38.3. The first-order chi connectivity index (χ1) is 39.0. The molecule has 6 heteroatoms. The summed E-state index contributed by atoms with van der Waals surface area (Å²) in [6, 6.07) is 0. The quantitative estimate of drug-likeness (QED) is 0.0261. The van der Waals surface area contributed by atoms with E-state index in [0.717, 1.165) is 109 Å². The Balaban J connectivity index is 4.44. The molecular formula is C73H120O6. The Bertz CT molecular complexity index is 1680. The van der Waals surface area contributed by atoms with Crippen molar-refractivity contribution in [1.29, 1.82) is 0 Å². The third-order valence-corrected chi connectivity index (χ3v) is 13.7. The van der Waals surface area contributed by atoms with Crippen LogP contribution in [0.15, 0.2) is 134 Å². The Hall–Kier alpha value is -4.45. The lowest BCUT2D eigenvalue weighted by molar-refractivity contribution is -0.166. The minimum Gasteiger partial charge on any atom is -0.462 e. The molecular weight excluding hydrogens is 973 g/mol. The molecule has 0 rings (SSSR count). The van der Waals surface area contributed by atoms with E-state index in [1.165, 1.54) is 141 Å². The summed E-state index contributed by atoms with van der Waals surface area (Å²) >= 11 is 0. The van der Waals surface area contributed by atoms with Gasteiger partial charge in [0.05, 0.1) is 6.42 Å². The zero-order valence-corrected chi connectivity index (χ0v) is 51.3. The van der Waals surface area contributed by atoms with Gasteiger partial charge in [0.25, 0.3) is 0 Å². The highest BCUT2D eigenvalue weighted by molar-refractivity contribution is 5.72. The van der Waals surface area contributed by atoms with Gasteiger partial charge in [-0.15, -0.1) is 0 Å². The second-order valence-corrected chi connectivity index (χ2v) is 21.3. The Morgan fingerprint density at radius 1 is 0.278 bits per heavy atom. The summed E-state index contributed by atoms with van der Waals surface area (Å²) in [5, 5.41) is 0. The van der Waals surface area contributed by atoms with E-state index in [2.05, 4.69) is 142 Å². The van der Waals surface area contributed by atoms with Gasteiger partial charge in [-0.3, -0.25) is 14.4 Å². The van der Waals surface area contributed by atoms with E-state index in [-0.39, 0.29) is 31.6 Å². The molecule has 0 fully saturated rings. The van der Waals surface area contributed by atoms with Crippen molar-refractivity contribution in [1.82, 2.24) is 0 Å². The van der Waals surface area contributed by atoms with Crippen LogP contribution in [-0.4, -0.2) is 37.2 Å². The van der Waals surface area contributed by atoms with Crippen LogP contribution in [0.2, 0.25) is 0 Å². The van der Waals surface area contributed by atoms with E-state index in [4.69, 9.17) is 14.2 Å². The largest absolute Gasteiger partial charge is 0.462 e. The standard InChI is InChI=1S/C73H120O6/c1-4-7-10-13-16-19-22-25-28-30-32-34-35-36-37-39-40-42-45-48-51-54-57-60-63-66-72(75)78-69-70(68-77-71(74)65-62-59-56-53-50-47-44-27-24-21-18-15-12-9-6-3)79-73(76)67-64-61-58-55-52-49-46-43-41-38-33-31-29-26-23-20-17-14-11-8-5-2/h7,9-10,12,16,18-19,21,25,27-28,31-34,36-37,44,50,53,59,62,70H,4-6,8,11,13-15,17,20,22-24,26,29-30,35,38-43,45-49,51-52,54-58,60-61,63-69H2,1-3H3/b10-7-,12-9-,19-16-,21-18-,28-25-,33-31-,34-32-,37-36-,44-27-,53-50-,62-59-. The molecule has 0 aromatic heterocycles. The van der Waals surface area contributed by atoms with Crippen molar-refractivity contribution in [2.45, 2.75) is 297 Å². The lowest BCUT2D eigenvalue weighted by Crippen LogP contribution is -2.30. The molecule has 1 atom stereocenters. The van der Waals surface area contributed by atoms with Gasteiger partial charge in [-0.1, -0.05) is 289 Å². The number of unbranched alkanes of at least 4 members (excludes halogenated alkanes) is 26. The van der Waals surface area contributed by atoms with Crippen molar-refractivity contribution in [3.63, 3.8) is 0 Å². The second kappa shape index (κ2) is 66.1. The zero-order chi connectivity index (χ0) is 57.1. The molecule has 0 aromatic carbocycles. The monoisotopic (exact) mass is 1090 g/mol. The maximum atomic E-state index is 12.9. The first-order valence-electron chi connectivity index (χ1n) is 32.7. The van der Waals surface area contributed by atoms with Gasteiger partial charge in [0.1, 0.15) is 13.2 Å². The molecule has 1 unspecified atom stereocenters. The first-order valence-corrected chi connectivity index (χ1v) is 32.7. The summed E-state index contributed by atoms with van der Waals surface area (Å²) in [5.74, 6) is -1.05. The van der Waals surface area contributed by atoms with Crippen LogP contribution in [0.4, 0.5) is 0 Å². The van der Waals surface area contributed by atoms with Crippen LogP contribution < -0.4 is 0 Å². The van der Waals surface area contributed by atoms with Gasteiger partial charge in [0.2, 0.25) is 0 Å². The molecule has 0 aliphatic heterocycles. The van der Waals surface area contributed by atoms with Gasteiger partial charge in [-0.25, -0.2) is 0 Å². The molecule has 0 aliphatic rings. The predicted octanol–water partition coefficient (Wildman–Crippen LogP) is 22.5. The van der Waals surface area contributed by atoms with Gasteiger partial charge in [0, 0.05) is 12.8 Å². The molecule has 0 N–H and O–H groups in total. The van der Waals surface area contributed by atoms with Crippen LogP contribution >= 0.6 is 0 Å². The number of ether oxygens (including phenoxy) is 3. The summed E-state index contributed by atoms with van der Waals surface area (Å²) in [7, 11) is 0. The van der Waals surface area contributed by atoms with Crippen molar-refractivity contribution >= 4 is 17.9 Å². The van der Waals surface area contributed by atoms with Crippen LogP contribution in [0, 0.1) is 0 Å². The van der Waals surface area contributed by atoms with Gasteiger partial charge in [-0.05, 0) is 116 Å². The minimum absolute atomic E-state index is 0.115. The maximum Gasteiger partial charge on any atom is 0.309 e. The average molecular weight is 1090 g/mol. The number of hydrogen-bond donors (Lipinski definition) is 0. The van der Waals surface area contributed by atoms with Crippen molar-refractivity contribution in [3.05, 3.63) is 134 Å². The molecule has 0 bridgehead atoms. The van der Waals surface area contributed by atoms with Crippen molar-refractivity contribution in [2.75, 3.05) is 13.2 Å². The van der Waals surface area contributed by atoms with Gasteiger partial charge >= 0.3 is 17.9 Å². The number of carbonyl (C=O) groups excluding carboxylic acids is 3. The normalized spacial score (nSPS) is 13.0. The molecule has 0 amide bonds. The molecule has 0 aromatic rings. The Labute approximate surface area is 487 Å². The summed E-state index contributed by atoms with van der Waals surface area (Å²) in [6.07, 6.45) is 93.4. The fourth-order valence-corrected chi connectivity index (χ4v) is 8.83. The Morgan fingerprint density at radius 3 is 0.899 bits per heavy atom. The molecule has 0 aliphatic carbocycles. The molecule has 0 heterocycles. The van der Waals surface area contributed by atoms with Crippen LogP contribution in [0.5, 0.6) is 0 Å². The summed E-state index contributed by atoms with van der Waals surface area (Å²) < 4.78 is 16.8. The van der Waals surface area contributed by atoms with Crippen molar-refractivity contribution in [2.24, 2.45) is 0 Å². The van der Waals surface area contributed by atoms with E-state index in [0.29, 0.717) is 12.8 Å². The number of rotatable bonds is 58. The highest BCUT2D eigenvalue weighted by atomic mass is 16.6. The molecule has 448 valence electrons. The predicted molar refractivity (Wildman–Crippen MR) is 343 cm³/mol. The summed E-state index contributed by atoms with van der Waals surface area (Å²) in [5.41, 5.74) is 0. The van der Waals surface area contributed by atoms with Crippen molar-refractivity contribution < 1.29 is 28.6 Å². The molecule has 0 radical (unpaired) electrons. The SMILES string of the molecule is CC/C=C\C/C=C\C/C=C\C/C=C\C/C=C\CCCCCCCCCCCC(=O)OCC(COC(=O)C/C=C\C/C=C\C/C=C\C/C=C\C/C=C\CC)OC(=O)CCCCCCCCCCC/C=C\CCCCCCCCCC. The van der Waals surface area contributed by atoms with Crippen LogP contribution in [0.1, 0.15) is 290 Å². The highest BCUT2D eigenvalue weighted by Crippen LogP contribution is 2.16. The van der Waals surface area contributed by atoms with Crippen LogP contribution in [-0.2, 0) is 28.6 Å². The van der Waals surface area contributed by atoms with E-state index in [1.807, 2.05) is 6.08 Å². The van der Waals surface area contributed by atoms with Gasteiger partial charge in [0.15, 0.2) is 6.10 Å². The zero-order valence-electron chi connectivity index (χ0n) is 51.3. The molecule has 0 saturated carbocycles. The molecule has 0 spiro atoms. The molecule has 6 nitrogen and oxygen atoms in total. The van der Waals surface area contributed by atoms with Crippen LogP contribution in [0.25, 0.3) is 0 Å². The van der Waals surface area contributed by atoms with E-state index in [1.54, 1.807) is 6.08 Å². The number of allylic oxidation sites excluding steroid dienone is 21. The topological polar surface area (TPSA) is 78.9 Å². The Kier molecular flexibility index (Phi) is 62.3. The molecule has 0 saturated heterocycles. The lowest BCUT2D eigenvalue weighted by atomic mass is 10.1. The number of esters is 3. The fourth-order valence-electron chi connectivity index (χ4n) is 8.83. The van der Waals surface area contributed by atoms with Crippen molar-refractivity contribution in [3.8, 4) is 0 Å².